The molecule has 33 heavy (non-hydrogen) atoms. The summed E-state index contributed by atoms with van der Waals surface area (Å²) in [7, 11) is -3.98. The molecule has 0 aliphatic rings. The Labute approximate surface area is 203 Å². The molecule has 0 atom stereocenters. The number of carbonyl (C=O) groups is 1. The molecule has 1 N–H and O–H groups in total. The van der Waals surface area contributed by atoms with Crippen LogP contribution in [-0.4, -0.2) is 32.8 Å². The molecule has 3 aromatic rings. The number of thioether (sulfide) groups is 1. The lowest BCUT2D eigenvalue weighted by molar-refractivity contribution is -0.119. The van der Waals surface area contributed by atoms with E-state index in [0.29, 0.717) is 16.4 Å². The molecule has 3 aromatic carbocycles. The molecule has 0 bridgehead atoms. The second-order valence-electron chi connectivity index (χ2n) is 7.26. The van der Waals surface area contributed by atoms with Crippen molar-refractivity contribution in [2.75, 3.05) is 17.1 Å². The first kappa shape index (κ1) is 24.8. The maximum atomic E-state index is 13.4. The maximum absolute atomic E-state index is 13.4. The van der Waals surface area contributed by atoms with Crippen LogP contribution in [0.2, 0.25) is 5.02 Å². The minimum absolute atomic E-state index is 0.106. The fraction of sp³-hybridized carbons (Fsp3) is 0.167. The highest BCUT2D eigenvalue weighted by molar-refractivity contribution is 7.98. The molecule has 0 radical (unpaired) electrons. The smallest absolute Gasteiger partial charge is 0.264 e. The molecule has 0 aromatic heterocycles. The van der Waals surface area contributed by atoms with Crippen LogP contribution in [0.3, 0.4) is 0 Å². The van der Waals surface area contributed by atoms with Gasteiger partial charge in [-0.1, -0.05) is 41.4 Å². The van der Waals surface area contributed by atoms with Gasteiger partial charge in [0.15, 0.2) is 0 Å². The minimum Gasteiger partial charge on any atom is -0.271 e. The SMILES string of the molecule is CSc1ccc(S(=O)(=O)N(CC(=O)N/N=C(/C)c2ccc(Cl)cc2)c2ccc(C)cc2)cc1. The van der Waals surface area contributed by atoms with Gasteiger partial charge in [0, 0.05) is 9.92 Å². The molecular weight excluding hydrogens is 478 g/mol. The number of hydrogen-bond acceptors (Lipinski definition) is 5. The van der Waals surface area contributed by atoms with Crippen LogP contribution in [0.15, 0.2) is 87.7 Å². The molecule has 0 unspecified atom stereocenters. The highest BCUT2D eigenvalue weighted by atomic mass is 35.5. The van der Waals surface area contributed by atoms with Gasteiger partial charge in [-0.2, -0.15) is 5.10 Å². The topological polar surface area (TPSA) is 78.8 Å². The fourth-order valence-electron chi connectivity index (χ4n) is 2.97. The largest absolute Gasteiger partial charge is 0.271 e. The average molecular weight is 502 g/mol. The van der Waals surface area contributed by atoms with Crippen molar-refractivity contribution in [1.29, 1.82) is 0 Å². The van der Waals surface area contributed by atoms with E-state index in [9.17, 15) is 13.2 Å². The number of halogens is 1. The zero-order valence-corrected chi connectivity index (χ0v) is 20.8. The molecule has 0 saturated heterocycles. The van der Waals surface area contributed by atoms with Gasteiger partial charge in [-0.15, -0.1) is 11.8 Å². The van der Waals surface area contributed by atoms with Crippen LogP contribution in [0.4, 0.5) is 5.69 Å². The second-order valence-corrected chi connectivity index (χ2v) is 10.4. The summed E-state index contributed by atoms with van der Waals surface area (Å²) in [5, 5.41) is 4.71. The normalized spacial score (nSPS) is 11.8. The molecule has 0 fully saturated rings. The van der Waals surface area contributed by atoms with E-state index in [4.69, 9.17) is 11.6 Å². The summed E-state index contributed by atoms with van der Waals surface area (Å²) in [4.78, 5) is 13.8. The van der Waals surface area contributed by atoms with E-state index in [1.807, 2.05) is 13.2 Å². The monoisotopic (exact) mass is 501 g/mol. The third kappa shape index (κ3) is 6.37. The average Bonchev–Trinajstić information content (AvgIpc) is 2.82. The van der Waals surface area contributed by atoms with Crippen molar-refractivity contribution >= 4 is 50.7 Å². The van der Waals surface area contributed by atoms with Crippen LogP contribution in [0.5, 0.6) is 0 Å². The Balaban J connectivity index is 1.86. The zero-order valence-electron chi connectivity index (χ0n) is 18.4. The number of hydrogen-bond donors (Lipinski definition) is 1. The van der Waals surface area contributed by atoms with Crippen LogP contribution >= 0.6 is 23.4 Å². The Kier molecular flexibility index (Phi) is 8.18. The molecule has 0 aliphatic carbocycles. The van der Waals surface area contributed by atoms with E-state index < -0.39 is 22.5 Å². The molecule has 3 rings (SSSR count). The number of amides is 1. The van der Waals surface area contributed by atoms with E-state index in [1.165, 1.54) is 11.8 Å². The molecule has 0 spiro atoms. The number of hydrazone groups is 1. The summed E-state index contributed by atoms with van der Waals surface area (Å²) in [5.74, 6) is -0.562. The summed E-state index contributed by atoms with van der Waals surface area (Å²) < 4.78 is 28.0. The van der Waals surface area contributed by atoms with Gasteiger partial charge >= 0.3 is 0 Å². The molecule has 9 heteroatoms. The number of anilines is 1. The zero-order chi connectivity index (χ0) is 24.0. The predicted molar refractivity (Wildman–Crippen MR) is 136 cm³/mol. The minimum atomic E-state index is -3.98. The van der Waals surface area contributed by atoms with Gasteiger partial charge in [0.05, 0.1) is 16.3 Å². The first-order valence-corrected chi connectivity index (χ1v) is 13.1. The quantitative estimate of drug-likeness (QED) is 0.264. The second kappa shape index (κ2) is 10.9. The third-order valence-electron chi connectivity index (χ3n) is 4.87. The number of nitrogens with zero attached hydrogens (tertiary/aromatic N) is 2. The van der Waals surface area contributed by atoms with E-state index in [-0.39, 0.29) is 4.90 Å². The molecule has 172 valence electrons. The van der Waals surface area contributed by atoms with Crippen LogP contribution < -0.4 is 9.73 Å². The Hall–Kier alpha value is -2.81. The summed E-state index contributed by atoms with van der Waals surface area (Å²) in [5.41, 5.74) is 5.18. The van der Waals surface area contributed by atoms with Crippen LogP contribution in [0.25, 0.3) is 0 Å². The summed E-state index contributed by atoms with van der Waals surface area (Å²) in [6.45, 7) is 3.23. The third-order valence-corrected chi connectivity index (χ3v) is 7.65. The molecule has 0 aliphatic heterocycles. The van der Waals surface area contributed by atoms with Crippen molar-refractivity contribution < 1.29 is 13.2 Å². The summed E-state index contributed by atoms with van der Waals surface area (Å²) in [6.07, 6.45) is 1.92. The lowest BCUT2D eigenvalue weighted by Crippen LogP contribution is -2.39. The van der Waals surface area contributed by atoms with Crippen molar-refractivity contribution in [3.63, 3.8) is 0 Å². The lowest BCUT2D eigenvalue weighted by atomic mass is 10.1. The predicted octanol–water partition coefficient (Wildman–Crippen LogP) is 5.11. The van der Waals surface area contributed by atoms with Gasteiger partial charge in [0.2, 0.25) is 0 Å². The van der Waals surface area contributed by atoms with E-state index >= 15 is 0 Å². The van der Waals surface area contributed by atoms with Gasteiger partial charge in [-0.25, -0.2) is 13.8 Å². The fourth-order valence-corrected chi connectivity index (χ4v) is 4.92. The van der Waals surface area contributed by atoms with Crippen molar-refractivity contribution in [3.05, 3.63) is 88.9 Å². The van der Waals surface area contributed by atoms with Crippen molar-refractivity contribution in [2.24, 2.45) is 5.10 Å². The van der Waals surface area contributed by atoms with Crippen LogP contribution in [0.1, 0.15) is 18.1 Å². The molecular formula is C24H24ClN3O3S2. The van der Waals surface area contributed by atoms with Crippen LogP contribution in [0, 0.1) is 6.92 Å². The van der Waals surface area contributed by atoms with Crippen LogP contribution in [-0.2, 0) is 14.8 Å². The van der Waals surface area contributed by atoms with Gasteiger partial charge in [-0.3, -0.25) is 9.10 Å². The Bertz CT molecular complexity index is 1240. The molecule has 6 nitrogen and oxygen atoms in total. The van der Waals surface area contributed by atoms with Gasteiger partial charge in [0.25, 0.3) is 15.9 Å². The standard InChI is InChI=1S/C24H24ClN3O3S2/c1-17-4-10-21(11-5-17)28(33(30,31)23-14-12-22(32-3)13-15-23)16-24(29)27-26-18(2)19-6-8-20(25)9-7-19/h4-15H,16H2,1-3H3,(H,27,29)/b26-18-. The number of benzene rings is 3. The molecule has 0 saturated carbocycles. The number of rotatable bonds is 8. The number of nitrogens with one attached hydrogen (secondary N) is 1. The van der Waals surface area contributed by atoms with E-state index in [2.05, 4.69) is 10.5 Å². The van der Waals surface area contributed by atoms with E-state index in [0.717, 1.165) is 20.3 Å². The Morgan fingerprint density at radius 2 is 1.61 bits per heavy atom. The lowest BCUT2D eigenvalue weighted by Gasteiger charge is -2.24. The van der Waals surface area contributed by atoms with Gasteiger partial charge < -0.3 is 0 Å². The first-order valence-electron chi connectivity index (χ1n) is 10.0. The highest BCUT2D eigenvalue weighted by Gasteiger charge is 2.27. The first-order chi connectivity index (χ1) is 15.7. The Morgan fingerprint density at radius 3 is 2.18 bits per heavy atom. The summed E-state index contributed by atoms with van der Waals surface area (Å²) >= 11 is 7.42. The van der Waals surface area contributed by atoms with Gasteiger partial charge in [-0.05, 0) is 74.2 Å². The number of sulfonamides is 1. The maximum Gasteiger partial charge on any atom is 0.264 e. The summed E-state index contributed by atoms with van der Waals surface area (Å²) in [6, 6.07) is 20.6. The number of aryl methyl sites for hydroxylation is 1. The highest BCUT2D eigenvalue weighted by Crippen LogP contribution is 2.25. The Morgan fingerprint density at radius 1 is 1.00 bits per heavy atom. The molecule has 1 amide bonds. The van der Waals surface area contributed by atoms with E-state index in [1.54, 1.807) is 79.7 Å². The van der Waals surface area contributed by atoms with Crippen molar-refractivity contribution in [1.82, 2.24) is 5.43 Å². The van der Waals surface area contributed by atoms with Crippen molar-refractivity contribution in [2.45, 2.75) is 23.6 Å². The van der Waals surface area contributed by atoms with Gasteiger partial charge in [0.1, 0.15) is 6.54 Å². The van der Waals surface area contributed by atoms with Crippen molar-refractivity contribution in [3.8, 4) is 0 Å². The molecule has 0 heterocycles. The number of carbonyl (C=O) groups excluding carboxylic acids is 1.